The van der Waals surface area contributed by atoms with Crippen LogP contribution in [0.3, 0.4) is 0 Å². The van der Waals surface area contributed by atoms with Crippen LogP contribution in [0.25, 0.3) is 0 Å². The first kappa shape index (κ1) is 15.4. The van der Waals surface area contributed by atoms with E-state index < -0.39 is 21.7 Å². The molecule has 1 aromatic rings. The first-order valence-electron chi connectivity index (χ1n) is 6.04. The average molecular weight is 319 g/mol. The van der Waals surface area contributed by atoms with Crippen LogP contribution in [-0.2, 0) is 10.0 Å². The molecule has 1 N–H and O–H groups in total. The predicted octanol–water partition coefficient (Wildman–Crippen LogP) is 0.556. The number of rotatable bonds is 3. The number of hydrogen-bond acceptors (Lipinski definition) is 6. The average Bonchev–Trinajstić information content (AvgIpc) is 2.82. The van der Waals surface area contributed by atoms with Gasteiger partial charge in [0.1, 0.15) is 0 Å². The van der Waals surface area contributed by atoms with E-state index in [9.17, 15) is 13.2 Å². The number of aromatic carboxylic acids is 1. The van der Waals surface area contributed by atoms with Gasteiger partial charge in [0.15, 0.2) is 9.90 Å². The van der Waals surface area contributed by atoms with Gasteiger partial charge in [-0.3, -0.25) is 4.90 Å². The van der Waals surface area contributed by atoms with E-state index in [2.05, 4.69) is 9.88 Å². The summed E-state index contributed by atoms with van der Waals surface area (Å²) < 4.78 is 26.3. The highest BCUT2D eigenvalue weighted by Crippen LogP contribution is 2.28. The van der Waals surface area contributed by atoms with Gasteiger partial charge in [-0.2, -0.15) is 4.31 Å². The van der Waals surface area contributed by atoms with Crippen molar-refractivity contribution in [3.8, 4) is 0 Å². The fourth-order valence-corrected chi connectivity index (χ4v) is 4.94. The van der Waals surface area contributed by atoms with Crippen LogP contribution in [0.15, 0.2) is 9.72 Å². The summed E-state index contributed by atoms with van der Waals surface area (Å²) in [6, 6.07) is 0. The van der Waals surface area contributed by atoms with Gasteiger partial charge >= 0.3 is 5.97 Å². The lowest BCUT2D eigenvalue weighted by molar-refractivity contribution is 0.0685. The number of piperazine rings is 1. The Balaban J connectivity index is 2.36. The lowest BCUT2D eigenvalue weighted by Crippen LogP contribution is -2.58. The third-order valence-electron chi connectivity index (χ3n) is 3.59. The Morgan fingerprint density at radius 3 is 2.65 bits per heavy atom. The second kappa shape index (κ2) is 5.06. The van der Waals surface area contributed by atoms with Crippen LogP contribution in [0.5, 0.6) is 0 Å². The zero-order valence-electron chi connectivity index (χ0n) is 11.5. The molecule has 1 aliphatic heterocycles. The Hall–Kier alpha value is -1.03. The Labute approximate surface area is 121 Å². The molecule has 2 rings (SSSR count). The second-order valence-electron chi connectivity index (χ2n) is 5.37. The lowest BCUT2D eigenvalue weighted by atomic mass is 10.0. The number of likely N-dealkylation sites (N-methyl/N-ethyl adjacent to an activating group) is 1. The van der Waals surface area contributed by atoms with Crippen LogP contribution in [-0.4, -0.2) is 65.9 Å². The van der Waals surface area contributed by atoms with Crippen LogP contribution in [0.1, 0.15) is 24.3 Å². The SMILES string of the molecule is CN1CCN(S(=O)(=O)c2scnc2C(=O)O)CC1(C)C. The van der Waals surface area contributed by atoms with E-state index in [4.69, 9.17) is 5.11 Å². The molecule has 1 saturated heterocycles. The molecule has 1 fully saturated rings. The number of carboxylic acid groups (broad SMARTS) is 1. The molecule has 0 amide bonds. The third kappa shape index (κ3) is 2.58. The van der Waals surface area contributed by atoms with Crippen LogP contribution in [0.4, 0.5) is 0 Å². The standard InChI is InChI=1S/C11H17N3O4S2/c1-11(2)6-14(5-4-13(11)3)20(17,18)10-8(9(15)16)12-7-19-10/h7H,4-6H2,1-3H3,(H,15,16). The van der Waals surface area contributed by atoms with E-state index in [0.29, 0.717) is 19.6 Å². The van der Waals surface area contributed by atoms with Gasteiger partial charge in [0.05, 0.1) is 5.51 Å². The highest BCUT2D eigenvalue weighted by Gasteiger charge is 2.39. The Morgan fingerprint density at radius 2 is 2.10 bits per heavy atom. The van der Waals surface area contributed by atoms with Crippen molar-refractivity contribution in [2.45, 2.75) is 23.6 Å². The topological polar surface area (TPSA) is 90.8 Å². The van der Waals surface area contributed by atoms with E-state index in [1.807, 2.05) is 20.9 Å². The van der Waals surface area contributed by atoms with Crippen molar-refractivity contribution in [1.29, 1.82) is 0 Å². The van der Waals surface area contributed by atoms with Crippen LogP contribution < -0.4 is 0 Å². The van der Waals surface area contributed by atoms with Gasteiger partial charge in [-0.1, -0.05) is 0 Å². The minimum Gasteiger partial charge on any atom is -0.476 e. The van der Waals surface area contributed by atoms with Gasteiger partial charge in [0, 0.05) is 25.2 Å². The molecular formula is C11H17N3O4S2. The van der Waals surface area contributed by atoms with E-state index in [-0.39, 0.29) is 9.75 Å². The highest BCUT2D eigenvalue weighted by molar-refractivity contribution is 7.91. The van der Waals surface area contributed by atoms with Gasteiger partial charge < -0.3 is 5.11 Å². The Bertz CT molecular complexity index is 623. The summed E-state index contributed by atoms with van der Waals surface area (Å²) in [7, 11) is -1.86. The summed E-state index contributed by atoms with van der Waals surface area (Å²) in [6.07, 6.45) is 0. The second-order valence-corrected chi connectivity index (χ2v) is 8.35. The fraction of sp³-hybridized carbons (Fsp3) is 0.636. The summed E-state index contributed by atoms with van der Waals surface area (Å²) in [5, 5.41) is 9.01. The molecule has 0 aromatic carbocycles. The summed E-state index contributed by atoms with van der Waals surface area (Å²) >= 11 is 0.844. The largest absolute Gasteiger partial charge is 0.476 e. The van der Waals surface area contributed by atoms with Crippen LogP contribution in [0, 0.1) is 0 Å². The van der Waals surface area contributed by atoms with Crippen molar-refractivity contribution in [2.75, 3.05) is 26.7 Å². The lowest BCUT2D eigenvalue weighted by Gasteiger charge is -2.44. The van der Waals surface area contributed by atoms with E-state index in [1.165, 1.54) is 9.82 Å². The van der Waals surface area contributed by atoms with Crippen LogP contribution >= 0.6 is 11.3 Å². The minimum absolute atomic E-state index is 0.189. The predicted molar refractivity (Wildman–Crippen MR) is 74.5 cm³/mol. The fourth-order valence-electron chi connectivity index (χ4n) is 2.08. The molecule has 0 unspecified atom stereocenters. The molecule has 0 aliphatic carbocycles. The normalized spacial score (nSPS) is 20.9. The van der Waals surface area contributed by atoms with Crippen LogP contribution in [0.2, 0.25) is 0 Å². The molecule has 1 aromatic heterocycles. The molecule has 1 aliphatic rings. The molecule has 9 heteroatoms. The first-order valence-corrected chi connectivity index (χ1v) is 8.36. The maximum atomic E-state index is 12.6. The Kier molecular flexibility index (Phi) is 3.89. The molecule has 0 spiro atoms. The first-order chi connectivity index (χ1) is 9.16. The van der Waals surface area contributed by atoms with Crippen molar-refractivity contribution in [3.63, 3.8) is 0 Å². The molecule has 20 heavy (non-hydrogen) atoms. The van der Waals surface area contributed by atoms with Gasteiger partial charge in [0.25, 0.3) is 10.0 Å². The summed E-state index contributed by atoms with van der Waals surface area (Å²) in [4.78, 5) is 16.8. The number of carboxylic acids is 1. The van der Waals surface area contributed by atoms with Gasteiger partial charge in [-0.05, 0) is 20.9 Å². The Morgan fingerprint density at radius 1 is 1.45 bits per heavy atom. The third-order valence-corrected chi connectivity index (χ3v) is 6.79. The zero-order valence-corrected chi connectivity index (χ0v) is 13.2. The monoisotopic (exact) mass is 319 g/mol. The quantitative estimate of drug-likeness (QED) is 0.875. The van der Waals surface area contributed by atoms with E-state index in [0.717, 1.165) is 11.3 Å². The summed E-state index contributed by atoms with van der Waals surface area (Å²) in [5.41, 5.74) is 0.559. The van der Waals surface area contributed by atoms with Crippen molar-refractivity contribution < 1.29 is 18.3 Å². The summed E-state index contributed by atoms with van der Waals surface area (Å²) in [6.45, 7) is 5.19. The smallest absolute Gasteiger partial charge is 0.356 e. The van der Waals surface area contributed by atoms with Gasteiger partial charge in [-0.15, -0.1) is 11.3 Å². The number of carbonyl (C=O) groups is 1. The molecule has 2 heterocycles. The molecule has 7 nitrogen and oxygen atoms in total. The molecule has 0 radical (unpaired) electrons. The van der Waals surface area contributed by atoms with E-state index in [1.54, 1.807) is 0 Å². The zero-order chi connectivity index (χ0) is 15.1. The summed E-state index contributed by atoms with van der Waals surface area (Å²) in [5.74, 6) is -1.32. The maximum absolute atomic E-state index is 12.6. The van der Waals surface area contributed by atoms with Crippen molar-refractivity contribution in [1.82, 2.24) is 14.2 Å². The molecule has 112 valence electrons. The van der Waals surface area contributed by atoms with Crippen molar-refractivity contribution in [3.05, 3.63) is 11.2 Å². The number of sulfonamides is 1. The number of aromatic nitrogens is 1. The van der Waals surface area contributed by atoms with Gasteiger partial charge in [-0.25, -0.2) is 18.2 Å². The molecule has 0 atom stereocenters. The highest BCUT2D eigenvalue weighted by atomic mass is 32.2. The number of hydrogen-bond donors (Lipinski definition) is 1. The van der Waals surface area contributed by atoms with Crippen molar-refractivity contribution >= 4 is 27.3 Å². The minimum atomic E-state index is -3.81. The molecule has 0 saturated carbocycles. The number of nitrogens with zero attached hydrogens (tertiary/aromatic N) is 3. The molecule has 0 bridgehead atoms. The van der Waals surface area contributed by atoms with Gasteiger partial charge in [0.2, 0.25) is 0 Å². The maximum Gasteiger partial charge on any atom is 0.356 e. The molecular weight excluding hydrogens is 302 g/mol. The van der Waals surface area contributed by atoms with E-state index >= 15 is 0 Å². The van der Waals surface area contributed by atoms with Crippen molar-refractivity contribution in [2.24, 2.45) is 0 Å². The number of thiazole rings is 1.